The summed E-state index contributed by atoms with van der Waals surface area (Å²) < 4.78 is 18.9. The van der Waals surface area contributed by atoms with Crippen LogP contribution in [-0.2, 0) is 30.6 Å². The third-order valence-corrected chi connectivity index (χ3v) is 7.71. The van der Waals surface area contributed by atoms with Crippen LogP contribution >= 0.6 is 0 Å². The Bertz CT molecular complexity index is 810. The highest BCUT2D eigenvalue weighted by Crippen LogP contribution is 2.60. The zero-order valence-corrected chi connectivity index (χ0v) is 17.7. The van der Waals surface area contributed by atoms with Gasteiger partial charge in [0, 0.05) is 18.3 Å². The maximum Gasteiger partial charge on any atom is 0.335 e. The lowest BCUT2D eigenvalue weighted by molar-refractivity contribution is -0.577. The van der Waals surface area contributed by atoms with Gasteiger partial charge in [-0.3, -0.25) is 0 Å². The minimum Gasteiger partial charge on any atom is -0.478 e. The second kappa shape index (κ2) is 7.28. The zero-order chi connectivity index (χ0) is 21.1. The van der Waals surface area contributed by atoms with Gasteiger partial charge in [-0.1, -0.05) is 26.0 Å². The standard InChI is InChI=1S/C23H30O7/c1-13-4-9-18-14(2)20(26-12-15-5-7-16(8-6-15)19(24)25)27-21-23(18)17(13)10-11-22(3,28-21)29-30-23/h5-8,13-14,17-18,20-21H,4,9-12H2,1-3H3,(H,24,25)/t13-,14-,17?,18?,20+,21?,22-,23-/m1/s1. The molecule has 0 amide bonds. The Balaban J connectivity index is 1.37. The molecule has 3 unspecified atom stereocenters. The first-order chi connectivity index (χ1) is 14.3. The van der Waals surface area contributed by atoms with Crippen molar-refractivity contribution in [3.8, 4) is 0 Å². The lowest BCUT2D eigenvalue weighted by atomic mass is 9.58. The molecule has 1 spiro atoms. The van der Waals surface area contributed by atoms with Gasteiger partial charge < -0.3 is 19.3 Å². The molecule has 1 N–H and O–H groups in total. The molecule has 1 aliphatic carbocycles. The number of hydrogen-bond acceptors (Lipinski definition) is 6. The van der Waals surface area contributed by atoms with Gasteiger partial charge in [-0.25, -0.2) is 14.6 Å². The fraction of sp³-hybridized carbons (Fsp3) is 0.696. The molecule has 2 bridgehead atoms. The van der Waals surface area contributed by atoms with E-state index in [1.807, 2.05) is 6.92 Å². The van der Waals surface area contributed by atoms with Crippen molar-refractivity contribution in [2.75, 3.05) is 0 Å². The largest absolute Gasteiger partial charge is 0.478 e. The number of rotatable bonds is 4. The smallest absolute Gasteiger partial charge is 0.335 e. The van der Waals surface area contributed by atoms with Gasteiger partial charge in [0.2, 0.25) is 5.79 Å². The average Bonchev–Trinajstić information content (AvgIpc) is 2.96. The molecular formula is C23H30O7. The molecule has 8 atom stereocenters. The SMILES string of the molecule is C[C@@H]1CCC2[C@@H](C)[C@@H](OCc3ccc(C(=O)O)cc3)OC3O[C@@]4(C)CCC1[C@]32OO4. The Morgan fingerprint density at radius 2 is 1.90 bits per heavy atom. The van der Waals surface area contributed by atoms with Crippen LogP contribution in [0.15, 0.2) is 24.3 Å². The maximum atomic E-state index is 11.0. The number of ether oxygens (including phenoxy) is 3. The second-order valence-corrected chi connectivity index (χ2v) is 9.59. The van der Waals surface area contributed by atoms with E-state index in [1.54, 1.807) is 24.3 Å². The summed E-state index contributed by atoms with van der Waals surface area (Å²) in [5.74, 6) is -0.539. The predicted octanol–water partition coefficient (Wildman–Crippen LogP) is 4.11. The van der Waals surface area contributed by atoms with Crippen molar-refractivity contribution in [2.45, 2.75) is 77.0 Å². The maximum absolute atomic E-state index is 11.0. The van der Waals surface area contributed by atoms with Crippen LogP contribution in [0.25, 0.3) is 0 Å². The molecule has 5 aliphatic rings. The van der Waals surface area contributed by atoms with E-state index in [0.29, 0.717) is 18.4 Å². The summed E-state index contributed by atoms with van der Waals surface area (Å²) in [4.78, 5) is 23.0. The number of fused-ring (bicyclic) bond motifs is 2. The van der Waals surface area contributed by atoms with Crippen LogP contribution in [0.1, 0.15) is 62.4 Å². The lowest BCUT2D eigenvalue weighted by Crippen LogP contribution is -2.70. The summed E-state index contributed by atoms with van der Waals surface area (Å²) in [5.41, 5.74) is 0.579. The van der Waals surface area contributed by atoms with E-state index in [-0.39, 0.29) is 17.4 Å². The van der Waals surface area contributed by atoms with E-state index < -0.39 is 29.9 Å². The van der Waals surface area contributed by atoms with Crippen LogP contribution in [0.5, 0.6) is 0 Å². The van der Waals surface area contributed by atoms with Gasteiger partial charge >= 0.3 is 5.97 Å². The molecule has 30 heavy (non-hydrogen) atoms. The van der Waals surface area contributed by atoms with E-state index >= 15 is 0 Å². The van der Waals surface area contributed by atoms with Crippen LogP contribution < -0.4 is 0 Å². The first-order valence-electron chi connectivity index (χ1n) is 11.0. The molecule has 0 radical (unpaired) electrons. The monoisotopic (exact) mass is 418 g/mol. The first kappa shape index (κ1) is 20.4. The van der Waals surface area contributed by atoms with Crippen LogP contribution in [0.3, 0.4) is 0 Å². The van der Waals surface area contributed by atoms with Gasteiger partial charge in [0.15, 0.2) is 18.2 Å². The third kappa shape index (κ3) is 3.10. The summed E-state index contributed by atoms with van der Waals surface area (Å²) >= 11 is 0. The molecule has 5 fully saturated rings. The molecule has 1 aromatic rings. The second-order valence-electron chi connectivity index (χ2n) is 9.59. The Kier molecular flexibility index (Phi) is 4.95. The Morgan fingerprint density at radius 3 is 2.63 bits per heavy atom. The van der Waals surface area contributed by atoms with Crippen molar-refractivity contribution >= 4 is 5.97 Å². The molecule has 7 nitrogen and oxygen atoms in total. The average molecular weight is 418 g/mol. The summed E-state index contributed by atoms with van der Waals surface area (Å²) in [7, 11) is 0. The number of hydrogen-bond donors (Lipinski definition) is 1. The molecule has 1 aromatic carbocycles. The Morgan fingerprint density at radius 1 is 1.13 bits per heavy atom. The first-order valence-corrected chi connectivity index (χ1v) is 11.0. The summed E-state index contributed by atoms with van der Waals surface area (Å²) in [6.07, 6.45) is 3.01. The van der Waals surface area contributed by atoms with Gasteiger partial charge in [0.05, 0.1) is 12.2 Å². The lowest BCUT2D eigenvalue weighted by Gasteiger charge is -2.60. The van der Waals surface area contributed by atoms with E-state index in [0.717, 1.165) is 31.2 Å². The Hall–Kier alpha value is -1.51. The molecule has 1 saturated carbocycles. The van der Waals surface area contributed by atoms with Gasteiger partial charge in [-0.2, -0.15) is 0 Å². The van der Waals surface area contributed by atoms with Crippen molar-refractivity contribution < 1.29 is 33.9 Å². The van der Waals surface area contributed by atoms with Crippen molar-refractivity contribution in [3.63, 3.8) is 0 Å². The number of carbonyl (C=O) groups is 1. The number of benzene rings is 1. The summed E-state index contributed by atoms with van der Waals surface area (Å²) in [5, 5.41) is 9.06. The van der Waals surface area contributed by atoms with Crippen LogP contribution in [0.4, 0.5) is 0 Å². The molecular weight excluding hydrogens is 388 g/mol. The predicted molar refractivity (Wildman–Crippen MR) is 105 cm³/mol. The summed E-state index contributed by atoms with van der Waals surface area (Å²) in [6, 6.07) is 6.74. The van der Waals surface area contributed by atoms with Crippen LogP contribution in [0, 0.1) is 23.7 Å². The number of carboxylic acids is 1. The van der Waals surface area contributed by atoms with E-state index in [9.17, 15) is 4.79 Å². The Labute approximate surface area is 176 Å². The summed E-state index contributed by atoms with van der Waals surface area (Å²) in [6.45, 7) is 6.71. The molecule has 0 aromatic heterocycles. The molecule has 4 aliphatic heterocycles. The van der Waals surface area contributed by atoms with Crippen molar-refractivity contribution in [3.05, 3.63) is 35.4 Å². The quantitative estimate of drug-likeness (QED) is 0.737. The van der Waals surface area contributed by atoms with Gasteiger partial charge in [0.25, 0.3) is 0 Å². The van der Waals surface area contributed by atoms with Gasteiger partial charge in [-0.15, -0.1) is 0 Å². The van der Waals surface area contributed by atoms with Crippen molar-refractivity contribution in [1.82, 2.24) is 0 Å². The molecule has 164 valence electrons. The van der Waals surface area contributed by atoms with E-state index in [4.69, 9.17) is 29.1 Å². The molecule has 6 rings (SSSR count). The van der Waals surface area contributed by atoms with Crippen LogP contribution in [-0.4, -0.2) is 35.0 Å². The van der Waals surface area contributed by atoms with E-state index in [2.05, 4.69) is 13.8 Å². The highest BCUT2D eigenvalue weighted by Gasteiger charge is 2.69. The highest BCUT2D eigenvalue weighted by molar-refractivity contribution is 5.87. The van der Waals surface area contributed by atoms with Gasteiger partial charge in [-0.05, 0) is 55.7 Å². The normalized spacial score (nSPS) is 44.9. The highest BCUT2D eigenvalue weighted by atomic mass is 17.3. The van der Waals surface area contributed by atoms with Crippen LogP contribution in [0.2, 0.25) is 0 Å². The fourth-order valence-corrected chi connectivity index (χ4v) is 5.98. The fourth-order valence-electron chi connectivity index (χ4n) is 5.98. The molecule has 7 heteroatoms. The topological polar surface area (TPSA) is 83.5 Å². The minimum atomic E-state index is -0.936. The number of aromatic carboxylic acids is 1. The minimum absolute atomic E-state index is 0.115. The van der Waals surface area contributed by atoms with Crippen molar-refractivity contribution in [2.24, 2.45) is 23.7 Å². The van der Waals surface area contributed by atoms with Crippen molar-refractivity contribution in [1.29, 1.82) is 0 Å². The molecule has 4 saturated heterocycles. The third-order valence-electron chi connectivity index (χ3n) is 7.71. The number of carboxylic acid groups (broad SMARTS) is 1. The van der Waals surface area contributed by atoms with E-state index in [1.165, 1.54) is 0 Å². The molecule has 4 heterocycles. The van der Waals surface area contributed by atoms with Gasteiger partial charge in [0.1, 0.15) is 0 Å². The zero-order valence-electron chi connectivity index (χ0n) is 17.7.